The van der Waals surface area contributed by atoms with E-state index in [0.29, 0.717) is 11.7 Å². The number of halogens is 1. The molecule has 5 nitrogen and oxygen atoms in total. The first kappa shape index (κ1) is 16.7. The SMILES string of the molecule is Cc1cc(-c2csc(NC(=O)C(C)CN)n2)c(C)o1.Cl. The number of aryl methyl sites for hydroxylation is 2. The lowest BCUT2D eigenvalue weighted by atomic mass is 10.2. The Bertz CT molecular complexity index is 594. The topological polar surface area (TPSA) is 81.2 Å². The van der Waals surface area contributed by atoms with Crippen LogP contribution in [0.4, 0.5) is 5.13 Å². The van der Waals surface area contributed by atoms with E-state index in [-0.39, 0.29) is 24.2 Å². The summed E-state index contributed by atoms with van der Waals surface area (Å²) in [6, 6.07) is 1.94. The molecule has 0 aromatic carbocycles. The average Bonchev–Trinajstić information content (AvgIpc) is 2.94. The normalized spacial score (nSPS) is 11.8. The van der Waals surface area contributed by atoms with E-state index in [9.17, 15) is 4.79 Å². The lowest BCUT2D eigenvalue weighted by Crippen LogP contribution is -2.26. The highest BCUT2D eigenvalue weighted by Gasteiger charge is 2.15. The van der Waals surface area contributed by atoms with E-state index in [1.807, 2.05) is 25.3 Å². The summed E-state index contributed by atoms with van der Waals surface area (Å²) in [6.07, 6.45) is 0. The molecular weight excluding hydrogens is 298 g/mol. The maximum atomic E-state index is 11.7. The van der Waals surface area contributed by atoms with Gasteiger partial charge >= 0.3 is 0 Å². The Kier molecular flexibility index (Phi) is 5.74. The van der Waals surface area contributed by atoms with Crippen molar-refractivity contribution in [2.45, 2.75) is 20.8 Å². The van der Waals surface area contributed by atoms with Crippen molar-refractivity contribution in [2.75, 3.05) is 11.9 Å². The molecule has 0 radical (unpaired) electrons. The van der Waals surface area contributed by atoms with Gasteiger partial charge in [0.15, 0.2) is 5.13 Å². The Morgan fingerprint density at radius 3 is 2.80 bits per heavy atom. The van der Waals surface area contributed by atoms with Gasteiger partial charge in [0.1, 0.15) is 11.5 Å². The van der Waals surface area contributed by atoms with Crippen LogP contribution < -0.4 is 11.1 Å². The first-order chi connectivity index (χ1) is 9.01. The van der Waals surface area contributed by atoms with Crippen LogP contribution in [0.25, 0.3) is 11.3 Å². The van der Waals surface area contributed by atoms with Gasteiger partial charge in [-0.15, -0.1) is 23.7 Å². The predicted molar refractivity (Wildman–Crippen MR) is 83.4 cm³/mol. The zero-order valence-corrected chi connectivity index (χ0v) is 13.2. The molecule has 2 rings (SSSR count). The van der Waals surface area contributed by atoms with Crippen LogP contribution in [0.15, 0.2) is 15.9 Å². The zero-order chi connectivity index (χ0) is 14.0. The van der Waals surface area contributed by atoms with Crippen molar-refractivity contribution in [1.82, 2.24) is 4.98 Å². The minimum Gasteiger partial charge on any atom is -0.466 e. The lowest BCUT2D eigenvalue weighted by Gasteiger charge is -2.06. The maximum Gasteiger partial charge on any atom is 0.230 e. The van der Waals surface area contributed by atoms with Crippen molar-refractivity contribution in [3.8, 4) is 11.3 Å². The lowest BCUT2D eigenvalue weighted by molar-refractivity contribution is -0.119. The summed E-state index contributed by atoms with van der Waals surface area (Å²) in [6.45, 7) is 5.91. The van der Waals surface area contributed by atoms with Gasteiger partial charge in [-0.1, -0.05) is 6.92 Å². The molecule has 0 bridgehead atoms. The Hall–Kier alpha value is -1.37. The van der Waals surface area contributed by atoms with Gasteiger partial charge in [0.25, 0.3) is 0 Å². The van der Waals surface area contributed by atoms with E-state index in [2.05, 4.69) is 10.3 Å². The van der Waals surface area contributed by atoms with E-state index in [1.165, 1.54) is 11.3 Å². The summed E-state index contributed by atoms with van der Waals surface area (Å²) < 4.78 is 5.48. The van der Waals surface area contributed by atoms with Gasteiger partial charge in [0, 0.05) is 23.4 Å². The number of nitrogens with one attached hydrogen (secondary N) is 1. The van der Waals surface area contributed by atoms with Crippen molar-refractivity contribution >= 4 is 34.8 Å². The first-order valence-corrected chi connectivity index (χ1v) is 6.93. The molecule has 0 aliphatic heterocycles. The molecule has 0 saturated heterocycles. The number of anilines is 1. The van der Waals surface area contributed by atoms with Crippen LogP contribution in [0.1, 0.15) is 18.4 Å². The molecule has 3 N–H and O–H groups in total. The number of aromatic nitrogens is 1. The summed E-state index contributed by atoms with van der Waals surface area (Å²) >= 11 is 1.39. The number of amides is 1. The Morgan fingerprint density at radius 2 is 2.25 bits per heavy atom. The summed E-state index contributed by atoms with van der Waals surface area (Å²) in [5.74, 6) is 1.35. The second-order valence-corrected chi connectivity index (χ2v) is 5.35. The number of carbonyl (C=O) groups excluding carboxylic acids is 1. The molecular formula is C13H18ClN3O2S. The van der Waals surface area contributed by atoms with Crippen LogP contribution in [0.5, 0.6) is 0 Å². The summed E-state index contributed by atoms with van der Waals surface area (Å²) in [5.41, 5.74) is 7.23. The second-order valence-electron chi connectivity index (χ2n) is 4.49. The summed E-state index contributed by atoms with van der Waals surface area (Å²) in [7, 11) is 0. The van der Waals surface area contributed by atoms with Crippen molar-refractivity contribution in [3.05, 3.63) is 23.0 Å². The molecule has 2 aromatic heterocycles. The molecule has 7 heteroatoms. The highest BCUT2D eigenvalue weighted by Crippen LogP contribution is 2.29. The number of rotatable bonds is 4. The minimum absolute atomic E-state index is 0. The van der Waals surface area contributed by atoms with Gasteiger partial charge in [0.05, 0.1) is 5.69 Å². The maximum absolute atomic E-state index is 11.7. The van der Waals surface area contributed by atoms with Crippen molar-refractivity contribution < 1.29 is 9.21 Å². The van der Waals surface area contributed by atoms with Crippen LogP contribution in [0, 0.1) is 19.8 Å². The largest absolute Gasteiger partial charge is 0.466 e. The number of nitrogens with two attached hydrogens (primary N) is 1. The van der Waals surface area contributed by atoms with Crippen LogP contribution in [-0.4, -0.2) is 17.4 Å². The molecule has 2 aromatic rings. The van der Waals surface area contributed by atoms with Crippen molar-refractivity contribution in [3.63, 3.8) is 0 Å². The minimum atomic E-state index is -0.217. The number of hydrogen-bond donors (Lipinski definition) is 2. The molecule has 20 heavy (non-hydrogen) atoms. The smallest absolute Gasteiger partial charge is 0.230 e. The highest BCUT2D eigenvalue weighted by atomic mass is 35.5. The van der Waals surface area contributed by atoms with Gasteiger partial charge in [0.2, 0.25) is 5.91 Å². The summed E-state index contributed by atoms with van der Waals surface area (Å²) in [5, 5.41) is 5.25. The van der Waals surface area contributed by atoms with Gasteiger partial charge in [-0.2, -0.15) is 0 Å². The molecule has 0 aliphatic carbocycles. The fourth-order valence-corrected chi connectivity index (χ4v) is 2.39. The third-order valence-electron chi connectivity index (χ3n) is 2.85. The zero-order valence-electron chi connectivity index (χ0n) is 11.6. The van der Waals surface area contributed by atoms with Crippen LogP contribution in [0.2, 0.25) is 0 Å². The van der Waals surface area contributed by atoms with E-state index >= 15 is 0 Å². The molecule has 0 spiro atoms. The fraction of sp³-hybridized carbons (Fsp3) is 0.385. The third-order valence-corrected chi connectivity index (χ3v) is 3.61. The molecule has 1 atom stereocenters. The van der Waals surface area contributed by atoms with Gasteiger partial charge in [-0.25, -0.2) is 4.98 Å². The number of hydrogen-bond acceptors (Lipinski definition) is 5. The number of carbonyl (C=O) groups is 1. The molecule has 0 aliphatic rings. The monoisotopic (exact) mass is 315 g/mol. The predicted octanol–water partition coefficient (Wildman–Crippen LogP) is 2.98. The summed E-state index contributed by atoms with van der Waals surface area (Å²) in [4.78, 5) is 16.1. The average molecular weight is 316 g/mol. The van der Waals surface area contributed by atoms with Gasteiger partial charge < -0.3 is 15.5 Å². The van der Waals surface area contributed by atoms with E-state index in [0.717, 1.165) is 22.8 Å². The molecule has 110 valence electrons. The van der Waals surface area contributed by atoms with Gasteiger partial charge in [-0.05, 0) is 19.9 Å². The number of thiazole rings is 1. The van der Waals surface area contributed by atoms with E-state index in [1.54, 1.807) is 6.92 Å². The fourth-order valence-electron chi connectivity index (χ4n) is 1.68. The first-order valence-electron chi connectivity index (χ1n) is 6.05. The van der Waals surface area contributed by atoms with Crippen LogP contribution in [-0.2, 0) is 4.79 Å². The third kappa shape index (κ3) is 3.59. The highest BCUT2D eigenvalue weighted by molar-refractivity contribution is 7.14. The number of furan rings is 1. The van der Waals surface area contributed by atoms with Crippen LogP contribution in [0.3, 0.4) is 0 Å². The second kappa shape index (κ2) is 6.88. The molecule has 1 unspecified atom stereocenters. The Balaban J connectivity index is 0.00000200. The molecule has 0 fully saturated rings. The van der Waals surface area contributed by atoms with E-state index in [4.69, 9.17) is 10.2 Å². The molecule has 1 amide bonds. The quantitative estimate of drug-likeness (QED) is 0.908. The number of nitrogens with zero attached hydrogens (tertiary/aromatic N) is 1. The van der Waals surface area contributed by atoms with Crippen molar-refractivity contribution in [1.29, 1.82) is 0 Å². The van der Waals surface area contributed by atoms with Gasteiger partial charge in [-0.3, -0.25) is 4.79 Å². The molecule has 0 saturated carbocycles. The Labute approximate surface area is 128 Å². The van der Waals surface area contributed by atoms with Crippen molar-refractivity contribution in [2.24, 2.45) is 11.7 Å². The van der Waals surface area contributed by atoms with E-state index < -0.39 is 0 Å². The molecule has 2 heterocycles. The Morgan fingerprint density at radius 1 is 1.55 bits per heavy atom. The van der Waals surface area contributed by atoms with Crippen LogP contribution >= 0.6 is 23.7 Å². The standard InChI is InChI=1S/C13H17N3O2S.ClH/c1-7(5-14)12(17)16-13-15-11(6-19-13)10-4-8(2)18-9(10)3;/h4,6-7H,5,14H2,1-3H3,(H,15,16,17);1H.